The van der Waals surface area contributed by atoms with Crippen LogP contribution in [0.4, 0.5) is 0 Å². The quantitative estimate of drug-likeness (QED) is 0.755. The molecule has 0 aliphatic rings. The Balaban J connectivity index is 2.71. The Hall–Kier alpha value is -0.910. The third-order valence-electron chi connectivity index (χ3n) is 2.35. The van der Waals surface area contributed by atoms with E-state index in [0.29, 0.717) is 11.4 Å². The van der Waals surface area contributed by atoms with Crippen molar-refractivity contribution in [3.63, 3.8) is 0 Å². The lowest BCUT2D eigenvalue weighted by atomic mass is 10.4. The van der Waals surface area contributed by atoms with Gasteiger partial charge in [-0.15, -0.1) is 0 Å². The molecule has 1 aromatic rings. The fourth-order valence-corrected chi connectivity index (χ4v) is 2.60. The van der Waals surface area contributed by atoms with Gasteiger partial charge in [-0.1, -0.05) is 18.2 Å². The molecule has 1 aromatic carbocycles. The summed E-state index contributed by atoms with van der Waals surface area (Å²) in [6.07, 6.45) is 0.805. The smallest absolute Gasteiger partial charge is 0.242 e. The van der Waals surface area contributed by atoms with Gasteiger partial charge in [-0.05, 0) is 32.1 Å². The van der Waals surface area contributed by atoms with Crippen molar-refractivity contribution >= 4 is 10.0 Å². The third kappa shape index (κ3) is 3.30. The molecule has 4 nitrogen and oxygen atoms in total. The van der Waals surface area contributed by atoms with E-state index in [1.54, 1.807) is 37.4 Å². The second-order valence-electron chi connectivity index (χ2n) is 3.60. The van der Waals surface area contributed by atoms with Crippen LogP contribution in [0, 0.1) is 0 Å². The van der Waals surface area contributed by atoms with Crippen LogP contribution in [-0.4, -0.2) is 39.9 Å². The lowest BCUT2D eigenvalue weighted by molar-refractivity contribution is 0.458. The van der Waals surface area contributed by atoms with Crippen LogP contribution < -0.4 is 5.32 Å². The summed E-state index contributed by atoms with van der Waals surface area (Å²) in [4.78, 5) is 0.349. The lowest BCUT2D eigenvalue weighted by Crippen LogP contribution is -2.29. The molecule has 0 fully saturated rings. The van der Waals surface area contributed by atoms with Crippen LogP contribution in [0.5, 0.6) is 0 Å². The van der Waals surface area contributed by atoms with Crippen molar-refractivity contribution in [1.82, 2.24) is 9.62 Å². The monoisotopic (exact) mass is 242 g/mol. The van der Waals surface area contributed by atoms with E-state index in [0.717, 1.165) is 13.0 Å². The van der Waals surface area contributed by atoms with Gasteiger partial charge in [0.15, 0.2) is 0 Å². The summed E-state index contributed by atoms with van der Waals surface area (Å²) in [6.45, 7) is 1.34. The SMILES string of the molecule is CNCCCN(C)S(=O)(=O)c1ccccc1. The van der Waals surface area contributed by atoms with E-state index >= 15 is 0 Å². The maximum absolute atomic E-state index is 12.0. The minimum Gasteiger partial charge on any atom is -0.320 e. The Morgan fingerprint density at radius 3 is 2.44 bits per heavy atom. The number of nitrogens with one attached hydrogen (secondary N) is 1. The summed E-state index contributed by atoms with van der Waals surface area (Å²) in [7, 11) is 0.148. The van der Waals surface area contributed by atoms with Crippen molar-refractivity contribution in [3.05, 3.63) is 30.3 Å². The number of rotatable bonds is 6. The Labute approximate surface area is 97.3 Å². The van der Waals surface area contributed by atoms with Crippen LogP contribution in [0.25, 0.3) is 0 Å². The van der Waals surface area contributed by atoms with E-state index in [1.165, 1.54) is 4.31 Å². The molecule has 0 radical (unpaired) electrons. The molecule has 0 aromatic heterocycles. The number of hydrogen-bond donors (Lipinski definition) is 1. The van der Waals surface area contributed by atoms with E-state index < -0.39 is 10.0 Å². The average Bonchev–Trinajstić information content (AvgIpc) is 2.30. The third-order valence-corrected chi connectivity index (χ3v) is 4.22. The van der Waals surface area contributed by atoms with Crippen molar-refractivity contribution in [1.29, 1.82) is 0 Å². The van der Waals surface area contributed by atoms with Gasteiger partial charge in [0, 0.05) is 13.6 Å². The van der Waals surface area contributed by atoms with Crippen LogP contribution in [0.2, 0.25) is 0 Å². The molecule has 0 aliphatic carbocycles. The van der Waals surface area contributed by atoms with Gasteiger partial charge >= 0.3 is 0 Å². The molecule has 1 rings (SSSR count). The van der Waals surface area contributed by atoms with Gasteiger partial charge in [0.1, 0.15) is 0 Å². The maximum atomic E-state index is 12.0. The van der Waals surface area contributed by atoms with Gasteiger partial charge < -0.3 is 5.32 Å². The normalized spacial score (nSPS) is 11.9. The highest BCUT2D eigenvalue weighted by atomic mass is 32.2. The molecule has 0 heterocycles. The molecule has 90 valence electrons. The molecule has 16 heavy (non-hydrogen) atoms. The molecule has 0 unspecified atom stereocenters. The summed E-state index contributed by atoms with van der Waals surface area (Å²) < 4.78 is 25.5. The van der Waals surface area contributed by atoms with Gasteiger partial charge in [0.05, 0.1) is 4.90 Å². The molecule has 1 N–H and O–H groups in total. The summed E-state index contributed by atoms with van der Waals surface area (Å²) in [5.74, 6) is 0. The number of benzene rings is 1. The summed E-state index contributed by atoms with van der Waals surface area (Å²) in [5, 5.41) is 2.99. The van der Waals surface area contributed by atoms with Gasteiger partial charge in [-0.3, -0.25) is 0 Å². The van der Waals surface area contributed by atoms with E-state index in [-0.39, 0.29) is 0 Å². The standard InChI is InChI=1S/C11H18N2O2S/c1-12-9-6-10-13(2)16(14,15)11-7-4-3-5-8-11/h3-5,7-8,12H,6,9-10H2,1-2H3. The van der Waals surface area contributed by atoms with Gasteiger partial charge in [0.2, 0.25) is 10.0 Å². The Kier molecular flexibility index (Phi) is 4.92. The number of hydrogen-bond acceptors (Lipinski definition) is 3. The first-order valence-electron chi connectivity index (χ1n) is 5.25. The van der Waals surface area contributed by atoms with Crippen molar-refractivity contribution in [3.8, 4) is 0 Å². The van der Waals surface area contributed by atoms with Gasteiger partial charge in [-0.25, -0.2) is 12.7 Å². The fourth-order valence-electron chi connectivity index (χ4n) is 1.37. The second kappa shape index (κ2) is 5.98. The van der Waals surface area contributed by atoms with Crippen molar-refractivity contribution in [2.75, 3.05) is 27.2 Å². The number of nitrogens with zero attached hydrogens (tertiary/aromatic N) is 1. The molecule has 0 atom stereocenters. The first-order valence-corrected chi connectivity index (χ1v) is 6.69. The zero-order valence-electron chi connectivity index (χ0n) is 9.68. The Morgan fingerprint density at radius 2 is 1.88 bits per heavy atom. The van der Waals surface area contributed by atoms with Crippen LogP contribution in [0.3, 0.4) is 0 Å². The minimum absolute atomic E-state index is 0.349. The molecule has 0 saturated carbocycles. The lowest BCUT2D eigenvalue weighted by Gasteiger charge is -2.16. The van der Waals surface area contributed by atoms with Crippen molar-refractivity contribution < 1.29 is 8.42 Å². The zero-order valence-corrected chi connectivity index (χ0v) is 10.5. The molecule has 0 spiro atoms. The van der Waals surface area contributed by atoms with Gasteiger partial charge in [0.25, 0.3) is 0 Å². The molecule has 5 heteroatoms. The van der Waals surface area contributed by atoms with Crippen LogP contribution >= 0.6 is 0 Å². The second-order valence-corrected chi connectivity index (χ2v) is 5.64. The zero-order chi connectivity index (χ0) is 12.0. The fraction of sp³-hybridized carbons (Fsp3) is 0.455. The molecule has 0 amide bonds. The summed E-state index contributed by atoms with van der Waals surface area (Å²) in [6, 6.07) is 8.50. The van der Waals surface area contributed by atoms with Crippen molar-refractivity contribution in [2.45, 2.75) is 11.3 Å². The maximum Gasteiger partial charge on any atom is 0.242 e. The van der Waals surface area contributed by atoms with Crippen molar-refractivity contribution in [2.24, 2.45) is 0 Å². The predicted molar refractivity (Wildman–Crippen MR) is 64.8 cm³/mol. The Morgan fingerprint density at radius 1 is 1.25 bits per heavy atom. The van der Waals surface area contributed by atoms with Gasteiger partial charge in [-0.2, -0.15) is 0 Å². The first kappa shape index (κ1) is 13.2. The molecule has 0 aliphatic heterocycles. The first-order chi connectivity index (χ1) is 7.59. The highest BCUT2D eigenvalue weighted by molar-refractivity contribution is 7.89. The highest BCUT2D eigenvalue weighted by Gasteiger charge is 2.19. The van der Waals surface area contributed by atoms with Crippen LogP contribution in [-0.2, 0) is 10.0 Å². The predicted octanol–water partition coefficient (Wildman–Crippen LogP) is 0.917. The average molecular weight is 242 g/mol. The summed E-state index contributed by atoms with van der Waals surface area (Å²) >= 11 is 0. The topological polar surface area (TPSA) is 49.4 Å². The summed E-state index contributed by atoms with van der Waals surface area (Å²) in [5.41, 5.74) is 0. The highest BCUT2D eigenvalue weighted by Crippen LogP contribution is 2.13. The molecular formula is C11H18N2O2S. The minimum atomic E-state index is -3.31. The molecular weight excluding hydrogens is 224 g/mol. The molecule has 0 saturated heterocycles. The van der Waals surface area contributed by atoms with Crippen LogP contribution in [0.15, 0.2) is 35.2 Å². The molecule has 0 bridgehead atoms. The van der Waals surface area contributed by atoms with Crippen LogP contribution in [0.1, 0.15) is 6.42 Å². The number of sulfonamides is 1. The van der Waals surface area contributed by atoms with E-state index in [2.05, 4.69) is 5.32 Å². The Bertz CT molecular complexity index is 403. The van der Waals surface area contributed by atoms with E-state index in [1.807, 2.05) is 7.05 Å². The largest absolute Gasteiger partial charge is 0.320 e. The van der Waals surface area contributed by atoms with E-state index in [4.69, 9.17) is 0 Å². The van der Waals surface area contributed by atoms with E-state index in [9.17, 15) is 8.42 Å².